The number of sulfonamides is 1. The van der Waals surface area contributed by atoms with Crippen molar-refractivity contribution in [1.29, 1.82) is 0 Å². The Bertz CT molecular complexity index is 505. The second-order valence-corrected chi connectivity index (χ2v) is 6.52. The SMILES string of the molecule is CCC(CCO)NS(=O)(=O)c1cc(Br)ccc1N. The molecular weight excluding hydrogens is 320 g/mol. The minimum atomic E-state index is -3.66. The first-order valence-electron chi connectivity index (χ1n) is 5.59. The molecular formula is C11H17BrN2O3S. The van der Waals surface area contributed by atoms with Crippen molar-refractivity contribution in [3.05, 3.63) is 22.7 Å². The molecule has 0 amide bonds. The van der Waals surface area contributed by atoms with Crippen molar-refractivity contribution in [3.63, 3.8) is 0 Å². The van der Waals surface area contributed by atoms with E-state index in [4.69, 9.17) is 10.8 Å². The maximum atomic E-state index is 12.2. The fourth-order valence-electron chi connectivity index (χ4n) is 1.53. The number of anilines is 1. The average molecular weight is 337 g/mol. The van der Waals surface area contributed by atoms with Crippen LogP contribution in [0.25, 0.3) is 0 Å². The van der Waals surface area contributed by atoms with Gasteiger partial charge in [0.15, 0.2) is 0 Å². The van der Waals surface area contributed by atoms with Crippen LogP contribution in [0.4, 0.5) is 5.69 Å². The summed E-state index contributed by atoms with van der Waals surface area (Å²) < 4.78 is 27.5. The van der Waals surface area contributed by atoms with E-state index in [1.807, 2.05) is 6.92 Å². The predicted molar refractivity (Wildman–Crippen MR) is 74.7 cm³/mol. The molecule has 0 aliphatic heterocycles. The predicted octanol–water partition coefficient (Wildman–Crippen LogP) is 1.47. The molecule has 0 aliphatic rings. The molecule has 7 heteroatoms. The van der Waals surface area contributed by atoms with Crippen LogP contribution in [-0.2, 0) is 10.0 Å². The number of aliphatic hydroxyl groups is 1. The van der Waals surface area contributed by atoms with Crippen molar-refractivity contribution in [2.45, 2.75) is 30.7 Å². The molecule has 0 aromatic heterocycles. The molecule has 0 saturated carbocycles. The Morgan fingerprint density at radius 2 is 2.17 bits per heavy atom. The summed E-state index contributed by atoms with van der Waals surface area (Å²) in [6.45, 7) is 1.79. The first-order chi connectivity index (χ1) is 8.40. The van der Waals surface area contributed by atoms with Crippen molar-refractivity contribution in [3.8, 4) is 0 Å². The van der Waals surface area contributed by atoms with Gasteiger partial charge in [-0.2, -0.15) is 0 Å². The zero-order valence-electron chi connectivity index (χ0n) is 10.1. The summed E-state index contributed by atoms with van der Waals surface area (Å²) in [6, 6.07) is 4.38. The minimum absolute atomic E-state index is 0.0493. The largest absolute Gasteiger partial charge is 0.398 e. The highest BCUT2D eigenvalue weighted by atomic mass is 79.9. The minimum Gasteiger partial charge on any atom is -0.398 e. The third kappa shape index (κ3) is 3.94. The summed E-state index contributed by atoms with van der Waals surface area (Å²) in [5.41, 5.74) is 5.88. The van der Waals surface area contributed by atoms with Gasteiger partial charge in [0, 0.05) is 17.1 Å². The Balaban J connectivity index is 3.02. The maximum absolute atomic E-state index is 12.2. The number of rotatable bonds is 6. The smallest absolute Gasteiger partial charge is 0.242 e. The second kappa shape index (κ2) is 6.51. The van der Waals surface area contributed by atoms with E-state index in [9.17, 15) is 8.42 Å². The van der Waals surface area contributed by atoms with Crippen LogP contribution in [0, 0.1) is 0 Å². The van der Waals surface area contributed by atoms with Gasteiger partial charge >= 0.3 is 0 Å². The number of nitrogens with two attached hydrogens (primary N) is 1. The standard InChI is InChI=1S/C11H17BrN2O3S/c1-2-9(5-6-15)14-18(16,17)11-7-8(12)3-4-10(11)13/h3-4,7,9,14-15H,2,5-6,13H2,1H3. The molecule has 0 spiro atoms. The molecule has 0 bridgehead atoms. The number of benzene rings is 1. The van der Waals surface area contributed by atoms with Gasteiger partial charge in [0.05, 0.1) is 5.69 Å². The highest BCUT2D eigenvalue weighted by Gasteiger charge is 2.21. The van der Waals surface area contributed by atoms with Gasteiger partial charge in [-0.15, -0.1) is 0 Å². The molecule has 0 saturated heterocycles. The molecule has 1 rings (SSSR count). The van der Waals surface area contributed by atoms with Gasteiger partial charge in [0.25, 0.3) is 0 Å². The third-order valence-corrected chi connectivity index (χ3v) is 4.63. The zero-order valence-corrected chi connectivity index (χ0v) is 12.5. The third-order valence-electron chi connectivity index (χ3n) is 2.56. The number of hydrogen-bond acceptors (Lipinski definition) is 4. The quantitative estimate of drug-likeness (QED) is 0.686. The summed E-state index contributed by atoms with van der Waals surface area (Å²) in [5.74, 6) is 0. The Kier molecular flexibility index (Phi) is 5.58. The van der Waals surface area contributed by atoms with Crippen molar-refractivity contribution in [1.82, 2.24) is 4.72 Å². The van der Waals surface area contributed by atoms with Gasteiger partial charge in [-0.3, -0.25) is 0 Å². The van der Waals surface area contributed by atoms with E-state index in [2.05, 4.69) is 20.7 Å². The van der Waals surface area contributed by atoms with E-state index in [1.165, 1.54) is 12.1 Å². The maximum Gasteiger partial charge on any atom is 0.242 e. The van der Waals surface area contributed by atoms with Crippen LogP contribution >= 0.6 is 15.9 Å². The van der Waals surface area contributed by atoms with E-state index < -0.39 is 10.0 Å². The van der Waals surface area contributed by atoms with E-state index in [1.54, 1.807) is 6.07 Å². The lowest BCUT2D eigenvalue weighted by atomic mass is 10.2. The van der Waals surface area contributed by atoms with Crippen molar-refractivity contribution < 1.29 is 13.5 Å². The van der Waals surface area contributed by atoms with Crippen LogP contribution in [0.5, 0.6) is 0 Å². The van der Waals surface area contributed by atoms with Gasteiger partial charge in [-0.25, -0.2) is 13.1 Å². The Labute approximate surface area is 116 Å². The van der Waals surface area contributed by atoms with E-state index in [0.29, 0.717) is 17.3 Å². The van der Waals surface area contributed by atoms with Gasteiger partial charge in [0.2, 0.25) is 10.0 Å². The van der Waals surface area contributed by atoms with Crippen LogP contribution in [0.3, 0.4) is 0 Å². The van der Waals surface area contributed by atoms with E-state index in [0.717, 1.165) is 0 Å². The van der Waals surface area contributed by atoms with Crippen LogP contribution < -0.4 is 10.5 Å². The Hall–Kier alpha value is -0.630. The molecule has 102 valence electrons. The van der Waals surface area contributed by atoms with Crippen LogP contribution in [0.2, 0.25) is 0 Å². The molecule has 0 radical (unpaired) electrons. The van der Waals surface area contributed by atoms with Gasteiger partial charge in [-0.05, 0) is 31.0 Å². The summed E-state index contributed by atoms with van der Waals surface area (Å²) in [6.07, 6.45) is 0.983. The van der Waals surface area contributed by atoms with E-state index >= 15 is 0 Å². The molecule has 1 atom stereocenters. The number of aliphatic hydroxyl groups excluding tert-OH is 1. The number of nitrogen functional groups attached to an aromatic ring is 1. The van der Waals surface area contributed by atoms with Crippen LogP contribution in [0.15, 0.2) is 27.6 Å². The zero-order chi connectivity index (χ0) is 13.8. The van der Waals surface area contributed by atoms with Gasteiger partial charge < -0.3 is 10.8 Å². The summed E-state index contributed by atoms with van der Waals surface area (Å²) in [7, 11) is -3.66. The van der Waals surface area contributed by atoms with E-state index in [-0.39, 0.29) is 23.2 Å². The lowest BCUT2D eigenvalue weighted by molar-refractivity contribution is 0.270. The molecule has 1 aromatic carbocycles. The lowest BCUT2D eigenvalue weighted by Gasteiger charge is -2.17. The molecule has 4 N–H and O–H groups in total. The van der Waals surface area contributed by atoms with Crippen molar-refractivity contribution in [2.24, 2.45) is 0 Å². The highest BCUT2D eigenvalue weighted by molar-refractivity contribution is 9.10. The fraction of sp³-hybridized carbons (Fsp3) is 0.455. The van der Waals surface area contributed by atoms with Crippen LogP contribution in [-0.4, -0.2) is 26.2 Å². The first-order valence-corrected chi connectivity index (χ1v) is 7.86. The summed E-state index contributed by atoms with van der Waals surface area (Å²) >= 11 is 3.22. The summed E-state index contributed by atoms with van der Waals surface area (Å²) in [5, 5.41) is 8.87. The Morgan fingerprint density at radius 3 is 2.72 bits per heavy atom. The lowest BCUT2D eigenvalue weighted by Crippen LogP contribution is -2.35. The molecule has 1 aromatic rings. The molecule has 0 fully saturated rings. The van der Waals surface area contributed by atoms with Crippen LogP contribution in [0.1, 0.15) is 19.8 Å². The normalized spacial score (nSPS) is 13.5. The van der Waals surface area contributed by atoms with Crippen molar-refractivity contribution in [2.75, 3.05) is 12.3 Å². The van der Waals surface area contributed by atoms with Crippen molar-refractivity contribution >= 4 is 31.6 Å². The monoisotopic (exact) mass is 336 g/mol. The first kappa shape index (κ1) is 15.4. The molecule has 0 aliphatic carbocycles. The average Bonchev–Trinajstić information content (AvgIpc) is 2.31. The fourth-order valence-corrected chi connectivity index (χ4v) is 3.55. The molecule has 18 heavy (non-hydrogen) atoms. The van der Waals surface area contributed by atoms with Gasteiger partial charge in [-0.1, -0.05) is 22.9 Å². The molecule has 5 nitrogen and oxygen atoms in total. The Morgan fingerprint density at radius 1 is 1.50 bits per heavy atom. The summed E-state index contributed by atoms with van der Waals surface area (Å²) in [4.78, 5) is 0.0493. The second-order valence-electron chi connectivity index (χ2n) is 3.92. The highest BCUT2D eigenvalue weighted by Crippen LogP contribution is 2.23. The molecule has 1 unspecified atom stereocenters. The number of nitrogens with one attached hydrogen (secondary N) is 1. The number of halogens is 1. The number of hydrogen-bond donors (Lipinski definition) is 3. The topological polar surface area (TPSA) is 92.4 Å². The van der Waals surface area contributed by atoms with Gasteiger partial charge in [0.1, 0.15) is 4.90 Å². The molecule has 0 heterocycles.